The predicted molar refractivity (Wildman–Crippen MR) is 85.9 cm³/mol. The third-order valence-electron chi connectivity index (χ3n) is 3.15. The van der Waals surface area contributed by atoms with Crippen molar-refractivity contribution in [3.63, 3.8) is 0 Å². The number of aromatic nitrogens is 1. The van der Waals surface area contributed by atoms with Crippen LogP contribution in [-0.2, 0) is 23.2 Å². The largest absolute Gasteiger partial charge is 0.481 e. The molecular weight excluding hydrogens is 284 g/mol. The average molecular weight is 304 g/mol. The number of rotatable bonds is 5. The molecule has 0 spiro atoms. The molecule has 112 valence electrons. The normalized spacial score (nSPS) is 11.4. The lowest BCUT2D eigenvalue weighted by molar-refractivity contribution is -0.136. The summed E-state index contributed by atoms with van der Waals surface area (Å²) < 4.78 is 0. The molecular formula is C16H20N2O2S. The number of carboxylic acids is 1. The highest BCUT2D eigenvalue weighted by Gasteiger charge is 2.12. The van der Waals surface area contributed by atoms with E-state index in [0.717, 1.165) is 5.13 Å². The van der Waals surface area contributed by atoms with Gasteiger partial charge in [-0.25, -0.2) is 4.98 Å². The van der Waals surface area contributed by atoms with Crippen LogP contribution in [-0.4, -0.2) is 16.1 Å². The molecule has 1 aromatic carbocycles. The summed E-state index contributed by atoms with van der Waals surface area (Å²) in [5.74, 6) is -0.857. The second-order valence-corrected chi connectivity index (χ2v) is 6.87. The zero-order chi connectivity index (χ0) is 15.5. The van der Waals surface area contributed by atoms with Crippen LogP contribution in [0.25, 0.3) is 0 Å². The van der Waals surface area contributed by atoms with E-state index in [4.69, 9.17) is 5.11 Å². The SMILES string of the molecule is CC(C)(C)c1ccc(CNc2nc(CC(=O)O)cs2)cc1. The summed E-state index contributed by atoms with van der Waals surface area (Å²) in [5, 5.41) is 14.5. The molecule has 0 unspecified atom stereocenters. The summed E-state index contributed by atoms with van der Waals surface area (Å²) in [6.07, 6.45) is -0.0293. The van der Waals surface area contributed by atoms with E-state index in [0.29, 0.717) is 12.2 Å². The van der Waals surface area contributed by atoms with Crippen LogP contribution in [0.1, 0.15) is 37.6 Å². The van der Waals surface area contributed by atoms with Crippen molar-refractivity contribution in [3.8, 4) is 0 Å². The number of nitrogens with one attached hydrogen (secondary N) is 1. The molecule has 2 rings (SSSR count). The monoisotopic (exact) mass is 304 g/mol. The lowest BCUT2D eigenvalue weighted by atomic mass is 9.87. The third kappa shape index (κ3) is 4.56. The van der Waals surface area contributed by atoms with Crippen molar-refractivity contribution in [1.82, 2.24) is 4.98 Å². The maximum Gasteiger partial charge on any atom is 0.309 e. The smallest absolute Gasteiger partial charge is 0.309 e. The van der Waals surface area contributed by atoms with Crippen LogP contribution < -0.4 is 5.32 Å². The van der Waals surface area contributed by atoms with Crippen LogP contribution in [0.5, 0.6) is 0 Å². The van der Waals surface area contributed by atoms with Gasteiger partial charge in [0.05, 0.1) is 12.1 Å². The number of hydrogen-bond donors (Lipinski definition) is 2. The van der Waals surface area contributed by atoms with Gasteiger partial charge in [-0.2, -0.15) is 0 Å². The van der Waals surface area contributed by atoms with Crippen molar-refractivity contribution in [2.75, 3.05) is 5.32 Å². The minimum absolute atomic E-state index is 0.0293. The molecule has 2 N–H and O–H groups in total. The maximum absolute atomic E-state index is 10.6. The molecule has 0 atom stereocenters. The van der Waals surface area contributed by atoms with Gasteiger partial charge in [-0.05, 0) is 16.5 Å². The lowest BCUT2D eigenvalue weighted by Gasteiger charge is -2.19. The van der Waals surface area contributed by atoms with Gasteiger partial charge in [0.2, 0.25) is 0 Å². The van der Waals surface area contributed by atoms with E-state index < -0.39 is 5.97 Å². The Morgan fingerprint density at radius 3 is 2.52 bits per heavy atom. The molecule has 1 aromatic heterocycles. The fraction of sp³-hybridized carbons (Fsp3) is 0.375. The molecule has 21 heavy (non-hydrogen) atoms. The molecule has 1 heterocycles. The van der Waals surface area contributed by atoms with Crippen molar-refractivity contribution >= 4 is 22.4 Å². The number of anilines is 1. The Labute approximate surface area is 128 Å². The summed E-state index contributed by atoms with van der Waals surface area (Å²) in [6.45, 7) is 7.27. The van der Waals surface area contributed by atoms with E-state index in [-0.39, 0.29) is 11.8 Å². The van der Waals surface area contributed by atoms with Crippen LogP contribution in [0, 0.1) is 0 Å². The van der Waals surface area contributed by atoms with Crippen LogP contribution in [0.15, 0.2) is 29.6 Å². The summed E-state index contributed by atoms with van der Waals surface area (Å²) in [7, 11) is 0. The van der Waals surface area contributed by atoms with Crippen molar-refractivity contribution in [2.24, 2.45) is 0 Å². The van der Waals surface area contributed by atoms with E-state index in [1.165, 1.54) is 22.5 Å². The Morgan fingerprint density at radius 2 is 1.95 bits per heavy atom. The summed E-state index contributed by atoms with van der Waals surface area (Å²) in [6, 6.07) is 8.52. The summed E-state index contributed by atoms with van der Waals surface area (Å²) in [5.41, 5.74) is 3.24. The number of nitrogens with zero attached hydrogens (tertiary/aromatic N) is 1. The van der Waals surface area contributed by atoms with Gasteiger partial charge in [-0.1, -0.05) is 45.0 Å². The van der Waals surface area contributed by atoms with Gasteiger partial charge in [0, 0.05) is 11.9 Å². The van der Waals surface area contributed by atoms with Crippen LogP contribution in [0.4, 0.5) is 5.13 Å². The number of aliphatic carboxylic acids is 1. The second kappa shape index (κ2) is 6.26. The molecule has 0 bridgehead atoms. The minimum atomic E-state index is -0.857. The molecule has 0 aliphatic heterocycles. The first kappa shape index (κ1) is 15.5. The number of carbonyl (C=O) groups is 1. The molecule has 4 nitrogen and oxygen atoms in total. The van der Waals surface area contributed by atoms with E-state index in [1.54, 1.807) is 5.38 Å². The van der Waals surface area contributed by atoms with E-state index >= 15 is 0 Å². The van der Waals surface area contributed by atoms with E-state index in [9.17, 15) is 4.79 Å². The van der Waals surface area contributed by atoms with Crippen molar-refractivity contribution in [2.45, 2.75) is 39.2 Å². The van der Waals surface area contributed by atoms with Crippen molar-refractivity contribution in [1.29, 1.82) is 0 Å². The Balaban J connectivity index is 1.94. The van der Waals surface area contributed by atoms with Gasteiger partial charge in [-0.15, -0.1) is 11.3 Å². The fourth-order valence-electron chi connectivity index (χ4n) is 1.92. The number of thiazole rings is 1. The van der Waals surface area contributed by atoms with Crippen LogP contribution in [0.3, 0.4) is 0 Å². The molecule has 0 fully saturated rings. The molecule has 0 aliphatic carbocycles. The van der Waals surface area contributed by atoms with Crippen LogP contribution in [0.2, 0.25) is 0 Å². The number of carboxylic acid groups (broad SMARTS) is 1. The Bertz CT molecular complexity index is 612. The lowest BCUT2D eigenvalue weighted by Crippen LogP contribution is -2.11. The predicted octanol–water partition coefficient (Wildman–Crippen LogP) is 3.68. The molecule has 2 aromatic rings. The van der Waals surface area contributed by atoms with Gasteiger partial charge in [0.25, 0.3) is 0 Å². The number of benzene rings is 1. The molecule has 0 saturated heterocycles. The average Bonchev–Trinajstić information content (AvgIpc) is 2.82. The second-order valence-electron chi connectivity index (χ2n) is 6.01. The Kier molecular flexibility index (Phi) is 4.63. The zero-order valence-corrected chi connectivity index (χ0v) is 13.3. The van der Waals surface area contributed by atoms with Crippen molar-refractivity contribution in [3.05, 3.63) is 46.5 Å². The highest BCUT2D eigenvalue weighted by atomic mass is 32.1. The standard InChI is InChI=1S/C16H20N2O2S/c1-16(2,3)12-6-4-11(5-7-12)9-17-15-18-13(10-21-15)8-14(19)20/h4-7,10H,8-9H2,1-3H3,(H,17,18)(H,19,20). The molecule has 5 heteroatoms. The van der Waals surface area contributed by atoms with Crippen LogP contribution >= 0.6 is 11.3 Å². The van der Waals surface area contributed by atoms with Gasteiger partial charge in [0.1, 0.15) is 0 Å². The minimum Gasteiger partial charge on any atom is -0.481 e. The Morgan fingerprint density at radius 1 is 1.29 bits per heavy atom. The quantitative estimate of drug-likeness (QED) is 0.884. The van der Waals surface area contributed by atoms with E-state index in [2.05, 4.69) is 55.3 Å². The van der Waals surface area contributed by atoms with Gasteiger partial charge in [0.15, 0.2) is 5.13 Å². The molecule has 0 amide bonds. The van der Waals surface area contributed by atoms with Crippen molar-refractivity contribution < 1.29 is 9.90 Å². The van der Waals surface area contributed by atoms with Gasteiger partial charge in [-0.3, -0.25) is 4.79 Å². The molecule has 0 saturated carbocycles. The first-order valence-corrected chi connectivity index (χ1v) is 7.72. The summed E-state index contributed by atoms with van der Waals surface area (Å²) in [4.78, 5) is 14.9. The molecule has 0 aliphatic rings. The first-order chi connectivity index (χ1) is 9.84. The fourth-order valence-corrected chi connectivity index (χ4v) is 2.63. The van der Waals surface area contributed by atoms with Gasteiger partial charge < -0.3 is 10.4 Å². The topological polar surface area (TPSA) is 62.2 Å². The highest BCUT2D eigenvalue weighted by Crippen LogP contribution is 2.23. The van der Waals surface area contributed by atoms with Gasteiger partial charge >= 0.3 is 5.97 Å². The first-order valence-electron chi connectivity index (χ1n) is 6.84. The van der Waals surface area contributed by atoms with E-state index in [1.807, 2.05) is 0 Å². The number of hydrogen-bond acceptors (Lipinski definition) is 4. The summed E-state index contributed by atoms with van der Waals surface area (Å²) >= 11 is 1.43. The Hall–Kier alpha value is -1.88. The molecule has 0 radical (unpaired) electrons. The maximum atomic E-state index is 10.6. The zero-order valence-electron chi connectivity index (χ0n) is 12.5. The third-order valence-corrected chi connectivity index (χ3v) is 4.00. The highest BCUT2D eigenvalue weighted by molar-refractivity contribution is 7.13.